The van der Waals surface area contributed by atoms with Crippen molar-refractivity contribution in [3.05, 3.63) is 42.6 Å². The van der Waals surface area contributed by atoms with Gasteiger partial charge in [0.25, 0.3) is 5.91 Å². The molecule has 8 nitrogen and oxygen atoms in total. The number of pyridine rings is 1. The van der Waals surface area contributed by atoms with Crippen molar-refractivity contribution in [3.8, 4) is 17.5 Å². The lowest BCUT2D eigenvalue weighted by molar-refractivity contribution is -0.118. The van der Waals surface area contributed by atoms with E-state index in [1.165, 1.54) is 0 Å². The Hall–Kier alpha value is -3.29. The Morgan fingerprint density at radius 2 is 2.13 bits per heavy atom. The molecule has 0 unspecified atom stereocenters. The first-order valence-corrected chi connectivity index (χ1v) is 6.92. The molecular formula is C15H12N4O4. The second-order valence-electron chi connectivity index (χ2n) is 4.82. The highest BCUT2D eigenvalue weighted by Crippen LogP contribution is 2.34. The van der Waals surface area contributed by atoms with Crippen molar-refractivity contribution >= 4 is 17.2 Å². The number of nitrogens with zero attached hydrogens (tertiary/aromatic N) is 3. The van der Waals surface area contributed by atoms with Gasteiger partial charge in [-0.15, -0.1) is 5.10 Å². The van der Waals surface area contributed by atoms with Crippen molar-refractivity contribution in [2.24, 2.45) is 0 Å². The highest BCUT2D eigenvalue weighted by molar-refractivity contribution is 5.92. The number of hydrogen-bond donors (Lipinski definition) is 1. The summed E-state index contributed by atoms with van der Waals surface area (Å²) in [5, 5.41) is 10.6. The zero-order valence-electron chi connectivity index (χ0n) is 11.9. The molecule has 23 heavy (non-hydrogen) atoms. The number of aromatic nitrogens is 3. The molecule has 1 aromatic carbocycles. The van der Waals surface area contributed by atoms with Gasteiger partial charge in [0, 0.05) is 18.0 Å². The molecule has 4 rings (SSSR count). The fraction of sp³-hybridized carbons (Fsp3) is 0.133. The topological polar surface area (TPSA) is 87.0 Å². The maximum atomic E-state index is 12.0. The fourth-order valence-corrected chi connectivity index (χ4v) is 2.22. The van der Waals surface area contributed by atoms with Crippen LogP contribution in [0.3, 0.4) is 0 Å². The molecule has 3 aromatic rings. The van der Waals surface area contributed by atoms with E-state index in [-0.39, 0.29) is 25.3 Å². The van der Waals surface area contributed by atoms with Crippen LogP contribution in [0.5, 0.6) is 17.5 Å². The van der Waals surface area contributed by atoms with E-state index in [9.17, 15) is 4.79 Å². The first-order valence-electron chi connectivity index (χ1n) is 6.92. The van der Waals surface area contributed by atoms with Crippen molar-refractivity contribution in [2.45, 2.75) is 0 Å². The summed E-state index contributed by atoms with van der Waals surface area (Å²) < 4.78 is 17.5. The Morgan fingerprint density at radius 3 is 3.09 bits per heavy atom. The molecule has 0 spiro atoms. The van der Waals surface area contributed by atoms with Crippen molar-refractivity contribution in [1.29, 1.82) is 0 Å². The number of hydrogen-bond acceptors (Lipinski definition) is 6. The van der Waals surface area contributed by atoms with Gasteiger partial charge in [0.05, 0.1) is 0 Å². The SMILES string of the molecule is O=C(COc1nnc2ccccn12)Nc1ccc2c(c1)OCO2. The van der Waals surface area contributed by atoms with E-state index in [1.807, 2.05) is 12.1 Å². The fourth-order valence-electron chi connectivity index (χ4n) is 2.22. The summed E-state index contributed by atoms with van der Waals surface area (Å²) in [6, 6.07) is 10.9. The Morgan fingerprint density at radius 1 is 1.22 bits per heavy atom. The molecule has 0 saturated carbocycles. The van der Waals surface area contributed by atoms with E-state index < -0.39 is 0 Å². The zero-order valence-corrected chi connectivity index (χ0v) is 11.9. The second-order valence-corrected chi connectivity index (χ2v) is 4.82. The molecule has 0 saturated heterocycles. The average molecular weight is 312 g/mol. The van der Waals surface area contributed by atoms with Crippen molar-refractivity contribution in [2.75, 3.05) is 18.7 Å². The van der Waals surface area contributed by atoms with E-state index in [1.54, 1.807) is 34.9 Å². The largest absolute Gasteiger partial charge is 0.454 e. The number of nitrogens with one attached hydrogen (secondary N) is 1. The molecule has 1 aliphatic rings. The van der Waals surface area contributed by atoms with Crippen molar-refractivity contribution in [1.82, 2.24) is 14.6 Å². The summed E-state index contributed by atoms with van der Waals surface area (Å²) in [5.74, 6) is 0.956. The number of rotatable bonds is 4. The van der Waals surface area contributed by atoms with E-state index in [4.69, 9.17) is 14.2 Å². The summed E-state index contributed by atoms with van der Waals surface area (Å²) in [5.41, 5.74) is 1.26. The van der Waals surface area contributed by atoms with Gasteiger partial charge in [-0.1, -0.05) is 11.2 Å². The normalized spacial score (nSPS) is 12.3. The molecule has 0 fully saturated rings. The van der Waals surface area contributed by atoms with Crippen LogP contribution in [0.4, 0.5) is 5.69 Å². The molecule has 0 atom stereocenters. The number of fused-ring (bicyclic) bond motifs is 2. The number of amides is 1. The van der Waals surface area contributed by atoms with Crippen LogP contribution in [0, 0.1) is 0 Å². The van der Waals surface area contributed by atoms with Crippen LogP contribution in [0.15, 0.2) is 42.6 Å². The molecule has 1 aliphatic heterocycles. The van der Waals surface area contributed by atoms with E-state index in [2.05, 4.69) is 15.5 Å². The molecule has 1 amide bonds. The molecule has 3 heterocycles. The van der Waals surface area contributed by atoms with Gasteiger partial charge in [-0.3, -0.25) is 9.20 Å². The van der Waals surface area contributed by atoms with Gasteiger partial charge < -0.3 is 19.5 Å². The van der Waals surface area contributed by atoms with Gasteiger partial charge in [-0.2, -0.15) is 0 Å². The lowest BCUT2D eigenvalue weighted by atomic mass is 10.3. The lowest BCUT2D eigenvalue weighted by Gasteiger charge is -2.07. The summed E-state index contributed by atoms with van der Waals surface area (Å²) in [6.07, 6.45) is 1.76. The van der Waals surface area contributed by atoms with Crippen LogP contribution < -0.4 is 19.5 Å². The van der Waals surface area contributed by atoms with Crippen LogP contribution in [0.25, 0.3) is 5.65 Å². The number of carbonyl (C=O) groups excluding carboxylic acids is 1. The molecule has 2 aromatic heterocycles. The Labute approximate surface area is 130 Å². The number of ether oxygens (including phenoxy) is 3. The minimum absolute atomic E-state index is 0.176. The van der Waals surface area contributed by atoms with Gasteiger partial charge >= 0.3 is 6.01 Å². The van der Waals surface area contributed by atoms with Gasteiger partial charge in [0.15, 0.2) is 23.8 Å². The van der Waals surface area contributed by atoms with Crippen LogP contribution in [-0.2, 0) is 4.79 Å². The Bertz CT molecular complexity index is 877. The van der Waals surface area contributed by atoms with Gasteiger partial charge in [0.1, 0.15) is 0 Å². The molecule has 1 N–H and O–H groups in total. The summed E-state index contributed by atoms with van der Waals surface area (Å²) in [7, 11) is 0. The zero-order chi connectivity index (χ0) is 15.6. The number of carbonyl (C=O) groups is 1. The molecule has 116 valence electrons. The minimum atomic E-state index is -0.309. The van der Waals surface area contributed by atoms with Gasteiger partial charge in [-0.05, 0) is 24.3 Å². The Kier molecular flexibility index (Phi) is 3.19. The van der Waals surface area contributed by atoms with Gasteiger partial charge in [0.2, 0.25) is 6.79 Å². The maximum absolute atomic E-state index is 12.0. The summed E-state index contributed by atoms with van der Waals surface area (Å²) in [4.78, 5) is 12.0. The third kappa shape index (κ3) is 2.61. The number of anilines is 1. The van der Waals surface area contributed by atoms with Crippen LogP contribution in [0.1, 0.15) is 0 Å². The van der Waals surface area contributed by atoms with Crippen molar-refractivity contribution < 1.29 is 19.0 Å². The summed E-state index contributed by atoms with van der Waals surface area (Å²) in [6.45, 7) is 0.0138. The first-order chi connectivity index (χ1) is 11.3. The second kappa shape index (κ2) is 5.48. The maximum Gasteiger partial charge on any atom is 0.322 e. The Balaban J connectivity index is 1.40. The van der Waals surface area contributed by atoms with E-state index >= 15 is 0 Å². The van der Waals surface area contributed by atoms with Gasteiger partial charge in [-0.25, -0.2) is 0 Å². The lowest BCUT2D eigenvalue weighted by Crippen LogP contribution is -2.20. The van der Waals surface area contributed by atoms with Crippen LogP contribution in [-0.4, -0.2) is 33.9 Å². The summed E-state index contributed by atoms with van der Waals surface area (Å²) >= 11 is 0. The minimum Gasteiger partial charge on any atom is -0.454 e. The quantitative estimate of drug-likeness (QED) is 0.785. The highest BCUT2D eigenvalue weighted by atomic mass is 16.7. The van der Waals surface area contributed by atoms with Crippen LogP contribution >= 0.6 is 0 Å². The smallest absolute Gasteiger partial charge is 0.322 e. The predicted octanol–water partition coefficient (Wildman–Crippen LogP) is 1.48. The molecule has 0 aliphatic carbocycles. The first kappa shape index (κ1) is 13.4. The molecule has 0 bridgehead atoms. The monoisotopic (exact) mass is 312 g/mol. The standard InChI is InChI=1S/C15H12N4O4/c20-14(16-10-4-5-11-12(7-10)23-9-22-11)8-21-15-18-17-13-3-1-2-6-19(13)15/h1-7H,8-9H2,(H,16,20). The van der Waals surface area contributed by atoms with E-state index in [0.29, 0.717) is 22.8 Å². The third-order valence-electron chi connectivity index (χ3n) is 3.27. The predicted molar refractivity (Wildman–Crippen MR) is 79.7 cm³/mol. The van der Waals surface area contributed by atoms with Crippen LogP contribution in [0.2, 0.25) is 0 Å². The van der Waals surface area contributed by atoms with E-state index in [0.717, 1.165) is 0 Å². The van der Waals surface area contributed by atoms with Crippen molar-refractivity contribution in [3.63, 3.8) is 0 Å². The third-order valence-corrected chi connectivity index (χ3v) is 3.27. The highest BCUT2D eigenvalue weighted by Gasteiger charge is 2.14. The average Bonchev–Trinajstić information content (AvgIpc) is 3.19. The molecule has 8 heteroatoms. The molecular weight excluding hydrogens is 300 g/mol. The molecule has 0 radical (unpaired) electrons. The number of benzene rings is 1.